The maximum Gasteiger partial charge on any atom is 0.232 e. The molecule has 0 amide bonds. The van der Waals surface area contributed by atoms with E-state index in [2.05, 4.69) is 4.72 Å². The Morgan fingerprint density at radius 2 is 1.57 bits per heavy atom. The van der Waals surface area contributed by atoms with Gasteiger partial charge in [-0.15, -0.1) is 0 Å². The highest BCUT2D eigenvalue weighted by molar-refractivity contribution is 7.92. The van der Waals surface area contributed by atoms with Crippen LogP contribution in [0.3, 0.4) is 0 Å². The van der Waals surface area contributed by atoms with Gasteiger partial charge in [0, 0.05) is 5.56 Å². The van der Waals surface area contributed by atoms with E-state index < -0.39 is 10.0 Å². The van der Waals surface area contributed by atoms with Gasteiger partial charge in [0.05, 0.1) is 11.4 Å². The van der Waals surface area contributed by atoms with Crippen molar-refractivity contribution in [2.24, 2.45) is 5.92 Å². The standard InChI is InChI=1S/C17H21NO2S/c1-14(2)12-13-21(19,20)18-17-11-7-6-10-16(17)15-8-4-3-5-9-15/h3-11,14,18H,12-13H2,1-2H3. The van der Waals surface area contributed by atoms with Crippen molar-refractivity contribution in [3.05, 3.63) is 54.6 Å². The Labute approximate surface area is 127 Å². The molecule has 0 saturated carbocycles. The summed E-state index contributed by atoms with van der Waals surface area (Å²) in [4.78, 5) is 0. The van der Waals surface area contributed by atoms with Crippen molar-refractivity contribution >= 4 is 15.7 Å². The van der Waals surface area contributed by atoms with E-state index in [-0.39, 0.29) is 5.75 Å². The van der Waals surface area contributed by atoms with Crippen LogP contribution in [0.5, 0.6) is 0 Å². The normalized spacial score (nSPS) is 11.6. The van der Waals surface area contributed by atoms with Gasteiger partial charge in [0.1, 0.15) is 0 Å². The molecule has 0 aliphatic rings. The molecule has 2 rings (SSSR count). The molecule has 3 nitrogen and oxygen atoms in total. The summed E-state index contributed by atoms with van der Waals surface area (Å²) in [7, 11) is -3.31. The fourth-order valence-corrected chi connectivity index (χ4v) is 3.45. The van der Waals surface area contributed by atoms with Gasteiger partial charge in [-0.2, -0.15) is 0 Å². The molecule has 0 aliphatic heterocycles. The molecule has 0 radical (unpaired) electrons. The van der Waals surface area contributed by atoms with Gasteiger partial charge in [0.2, 0.25) is 10.0 Å². The monoisotopic (exact) mass is 303 g/mol. The van der Waals surface area contributed by atoms with Crippen molar-refractivity contribution < 1.29 is 8.42 Å². The number of rotatable bonds is 6. The largest absolute Gasteiger partial charge is 0.283 e. The van der Waals surface area contributed by atoms with E-state index >= 15 is 0 Å². The van der Waals surface area contributed by atoms with Crippen LogP contribution < -0.4 is 4.72 Å². The molecule has 2 aromatic carbocycles. The molecule has 112 valence electrons. The third-order valence-electron chi connectivity index (χ3n) is 3.24. The lowest BCUT2D eigenvalue weighted by molar-refractivity contribution is 0.578. The van der Waals surface area contributed by atoms with Crippen molar-refractivity contribution in [3.63, 3.8) is 0 Å². The lowest BCUT2D eigenvalue weighted by Crippen LogP contribution is -2.18. The van der Waals surface area contributed by atoms with Gasteiger partial charge in [-0.25, -0.2) is 8.42 Å². The van der Waals surface area contributed by atoms with Crippen molar-refractivity contribution in [2.75, 3.05) is 10.5 Å². The minimum Gasteiger partial charge on any atom is -0.283 e. The summed E-state index contributed by atoms with van der Waals surface area (Å²) in [5, 5.41) is 0. The van der Waals surface area contributed by atoms with Crippen LogP contribution in [0.4, 0.5) is 5.69 Å². The predicted octanol–water partition coefficient (Wildman–Crippen LogP) is 4.14. The molecule has 0 spiro atoms. The smallest absolute Gasteiger partial charge is 0.232 e. The van der Waals surface area contributed by atoms with Crippen LogP contribution in [0, 0.1) is 5.92 Å². The molecule has 0 unspecified atom stereocenters. The highest BCUT2D eigenvalue weighted by Crippen LogP contribution is 2.28. The van der Waals surface area contributed by atoms with E-state index in [0.29, 0.717) is 18.0 Å². The van der Waals surface area contributed by atoms with E-state index in [1.807, 2.05) is 62.4 Å². The van der Waals surface area contributed by atoms with E-state index in [0.717, 1.165) is 11.1 Å². The lowest BCUT2D eigenvalue weighted by atomic mass is 10.0. The fourth-order valence-electron chi connectivity index (χ4n) is 2.05. The Bertz CT molecular complexity index is 679. The SMILES string of the molecule is CC(C)CCS(=O)(=O)Nc1ccccc1-c1ccccc1. The molecule has 0 saturated heterocycles. The Hall–Kier alpha value is -1.81. The number of sulfonamides is 1. The Morgan fingerprint density at radius 3 is 2.24 bits per heavy atom. The Kier molecular flexibility index (Phi) is 5.02. The minimum absolute atomic E-state index is 0.147. The third kappa shape index (κ3) is 4.60. The van der Waals surface area contributed by atoms with Crippen molar-refractivity contribution in [3.8, 4) is 11.1 Å². The summed E-state index contributed by atoms with van der Waals surface area (Å²) in [5.41, 5.74) is 2.53. The molecule has 0 atom stereocenters. The molecule has 0 fully saturated rings. The maximum atomic E-state index is 12.2. The highest BCUT2D eigenvalue weighted by atomic mass is 32.2. The Balaban J connectivity index is 2.25. The molecular weight excluding hydrogens is 282 g/mol. The number of nitrogens with one attached hydrogen (secondary N) is 1. The van der Waals surface area contributed by atoms with Crippen LogP contribution in [0.25, 0.3) is 11.1 Å². The number of hydrogen-bond donors (Lipinski definition) is 1. The minimum atomic E-state index is -3.31. The molecule has 1 N–H and O–H groups in total. The second-order valence-corrected chi connectivity index (χ2v) is 7.36. The number of anilines is 1. The topological polar surface area (TPSA) is 46.2 Å². The first-order valence-electron chi connectivity index (χ1n) is 7.13. The molecule has 0 bridgehead atoms. The summed E-state index contributed by atoms with van der Waals surface area (Å²) in [6.07, 6.45) is 0.656. The van der Waals surface area contributed by atoms with Crippen molar-refractivity contribution in [2.45, 2.75) is 20.3 Å². The van der Waals surface area contributed by atoms with E-state index in [9.17, 15) is 8.42 Å². The van der Waals surface area contributed by atoms with E-state index in [4.69, 9.17) is 0 Å². The van der Waals surface area contributed by atoms with Gasteiger partial charge in [-0.3, -0.25) is 4.72 Å². The summed E-state index contributed by atoms with van der Waals surface area (Å²) in [5.74, 6) is 0.513. The van der Waals surface area contributed by atoms with E-state index in [1.54, 1.807) is 6.07 Å². The van der Waals surface area contributed by atoms with Gasteiger partial charge in [0.25, 0.3) is 0 Å². The number of hydrogen-bond acceptors (Lipinski definition) is 2. The average molecular weight is 303 g/mol. The first kappa shape index (κ1) is 15.6. The molecule has 2 aromatic rings. The molecule has 21 heavy (non-hydrogen) atoms. The van der Waals surface area contributed by atoms with Gasteiger partial charge >= 0.3 is 0 Å². The molecule has 0 aliphatic carbocycles. The first-order valence-corrected chi connectivity index (χ1v) is 8.78. The number of benzene rings is 2. The second kappa shape index (κ2) is 6.76. The average Bonchev–Trinajstić information content (AvgIpc) is 2.46. The summed E-state index contributed by atoms with van der Waals surface area (Å²) >= 11 is 0. The van der Waals surface area contributed by atoms with Gasteiger partial charge < -0.3 is 0 Å². The Morgan fingerprint density at radius 1 is 0.952 bits per heavy atom. The molecule has 0 heterocycles. The molecule has 4 heteroatoms. The highest BCUT2D eigenvalue weighted by Gasteiger charge is 2.14. The van der Waals surface area contributed by atoms with Crippen LogP contribution >= 0.6 is 0 Å². The van der Waals surface area contributed by atoms with Gasteiger partial charge in [0.15, 0.2) is 0 Å². The summed E-state index contributed by atoms with van der Waals surface area (Å²) < 4.78 is 27.1. The van der Waals surface area contributed by atoms with Crippen molar-refractivity contribution in [1.82, 2.24) is 0 Å². The van der Waals surface area contributed by atoms with Crippen LogP contribution in [0.15, 0.2) is 54.6 Å². The summed E-state index contributed by atoms with van der Waals surface area (Å²) in [6, 6.07) is 17.3. The fraction of sp³-hybridized carbons (Fsp3) is 0.294. The van der Waals surface area contributed by atoms with Crippen LogP contribution in [-0.2, 0) is 10.0 Å². The third-order valence-corrected chi connectivity index (χ3v) is 4.55. The first-order chi connectivity index (χ1) is 9.98. The zero-order valence-corrected chi connectivity index (χ0v) is 13.2. The van der Waals surface area contributed by atoms with Gasteiger partial charge in [-0.1, -0.05) is 62.4 Å². The molecule has 0 aromatic heterocycles. The van der Waals surface area contributed by atoms with Crippen LogP contribution in [-0.4, -0.2) is 14.2 Å². The van der Waals surface area contributed by atoms with Crippen LogP contribution in [0.2, 0.25) is 0 Å². The number of para-hydroxylation sites is 1. The zero-order valence-electron chi connectivity index (χ0n) is 12.4. The molecular formula is C17H21NO2S. The lowest BCUT2D eigenvalue weighted by Gasteiger charge is -2.13. The van der Waals surface area contributed by atoms with Gasteiger partial charge in [-0.05, 0) is 24.0 Å². The quantitative estimate of drug-likeness (QED) is 0.871. The predicted molar refractivity (Wildman–Crippen MR) is 88.7 cm³/mol. The zero-order chi connectivity index (χ0) is 15.3. The van der Waals surface area contributed by atoms with E-state index in [1.165, 1.54) is 0 Å². The summed E-state index contributed by atoms with van der Waals surface area (Å²) in [6.45, 7) is 4.04. The van der Waals surface area contributed by atoms with Crippen LogP contribution in [0.1, 0.15) is 20.3 Å². The van der Waals surface area contributed by atoms with Crippen molar-refractivity contribution in [1.29, 1.82) is 0 Å². The second-order valence-electron chi connectivity index (χ2n) is 5.52. The maximum absolute atomic E-state index is 12.2.